The van der Waals surface area contributed by atoms with Gasteiger partial charge in [-0.1, -0.05) is 91.0 Å². The number of ether oxygens (including phenoxy) is 4. The molecule has 196 valence electrons. The molecule has 0 saturated carbocycles. The third-order valence-corrected chi connectivity index (χ3v) is 6.93. The van der Waals surface area contributed by atoms with E-state index in [1.807, 2.05) is 104 Å². The largest absolute Gasteiger partial charge is 0.374 e. The summed E-state index contributed by atoms with van der Waals surface area (Å²) in [5, 5.41) is 0. The summed E-state index contributed by atoms with van der Waals surface area (Å²) < 4.78 is 26.0. The molecule has 1 fully saturated rings. The van der Waals surface area contributed by atoms with Gasteiger partial charge >= 0.3 is 0 Å². The van der Waals surface area contributed by atoms with Crippen LogP contribution < -0.4 is 0 Å². The average molecular weight is 512 g/mol. The zero-order valence-electron chi connectivity index (χ0n) is 21.5. The number of aromatic nitrogens is 1. The van der Waals surface area contributed by atoms with Gasteiger partial charge in [0.2, 0.25) is 0 Å². The Morgan fingerprint density at radius 1 is 0.789 bits per heavy atom. The van der Waals surface area contributed by atoms with Crippen molar-refractivity contribution in [3.63, 3.8) is 0 Å². The van der Waals surface area contributed by atoms with Gasteiger partial charge in [0.05, 0.1) is 32.1 Å². The van der Waals surface area contributed by atoms with Gasteiger partial charge < -0.3 is 23.9 Å². The van der Waals surface area contributed by atoms with Crippen LogP contribution >= 0.6 is 0 Å². The molecule has 4 aromatic rings. The van der Waals surface area contributed by atoms with Crippen LogP contribution in [0, 0.1) is 0 Å². The lowest BCUT2D eigenvalue weighted by Crippen LogP contribution is -2.47. The molecule has 38 heavy (non-hydrogen) atoms. The Balaban J connectivity index is 1.41. The minimum absolute atomic E-state index is 0.330. The Morgan fingerprint density at radius 2 is 1.37 bits per heavy atom. The van der Waals surface area contributed by atoms with Crippen LogP contribution in [0.2, 0.25) is 0 Å². The van der Waals surface area contributed by atoms with E-state index in [-0.39, 0.29) is 0 Å². The number of carbonyl (C=O) groups is 1. The van der Waals surface area contributed by atoms with Crippen molar-refractivity contribution in [2.24, 2.45) is 0 Å². The molecule has 6 heteroatoms. The molecule has 1 aliphatic heterocycles. The van der Waals surface area contributed by atoms with Crippen LogP contribution in [-0.4, -0.2) is 35.7 Å². The molecule has 1 aliphatic rings. The quantitative estimate of drug-likeness (QED) is 0.235. The molecular formula is C32H33NO5. The van der Waals surface area contributed by atoms with Crippen molar-refractivity contribution in [3.05, 3.63) is 131 Å². The van der Waals surface area contributed by atoms with Crippen molar-refractivity contribution in [2.75, 3.05) is 6.61 Å². The third-order valence-electron chi connectivity index (χ3n) is 6.93. The van der Waals surface area contributed by atoms with Gasteiger partial charge in [-0.2, -0.15) is 0 Å². The fraction of sp³-hybridized carbons (Fsp3) is 0.281. The van der Waals surface area contributed by atoms with E-state index in [0.717, 1.165) is 28.7 Å². The first-order valence-corrected chi connectivity index (χ1v) is 12.9. The standard InChI is InChI=1S/C32H33NO5/c1-32(37-22-26-15-9-4-10-16-26)30(28-18-17-27(19-34)33-28)38-29(23-35-20-24-11-5-2-6-12-24)31(32)36-21-25-13-7-3-8-14-25/h2-19,29-31,33H,20-23H2,1H3/t29-,30-,31-,32+/m1/s1. The number of H-pyrrole nitrogens is 1. The van der Waals surface area contributed by atoms with Crippen LogP contribution in [0.3, 0.4) is 0 Å². The number of hydrogen-bond donors (Lipinski definition) is 1. The molecule has 0 amide bonds. The highest BCUT2D eigenvalue weighted by atomic mass is 16.6. The number of rotatable bonds is 12. The third kappa shape index (κ3) is 6.11. The molecule has 1 N–H and O–H groups in total. The van der Waals surface area contributed by atoms with Crippen molar-refractivity contribution in [1.82, 2.24) is 4.98 Å². The second-order valence-corrected chi connectivity index (χ2v) is 9.72. The Kier molecular flexibility index (Phi) is 8.46. The zero-order chi connectivity index (χ0) is 26.2. The smallest absolute Gasteiger partial charge is 0.166 e. The van der Waals surface area contributed by atoms with E-state index in [1.165, 1.54) is 0 Å². The Labute approximate surface area is 223 Å². The lowest BCUT2D eigenvalue weighted by molar-refractivity contribution is -0.148. The fourth-order valence-corrected chi connectivity index (χ4v) is 4.93. The van der Waals surface area contributed by atoms with Crippen molar-refractivity contribution < 1.29 is 23.7 Å². The van der Waals surface area contributed by atoms with Crippen LogP contribution in [0.5, 0.6) is 0 Å². The number of aromatic amines is 1. The van der Waals surface area contributed by atoms with E-state index in [2.05, 4.69) is 4.98 Å². The van der Waals surface area contributed by atoms with Crippen LogP contribution in [0.25, 0.3) is 0 Å². The second kappa shape index (κ2) is 12.3. The van der Waals surface area contributed by atoms with Gasteiger partial charge in [-0.25, -0.2) is 0 Å². The van der Waals surface area contributed by atoms with Crippen molar-refractivity contribution in [2.45, 2.75) is 50.7 Å². The Morgan fingerprint density at radius 3 is 1.95 bits per heavy atom. The lowest BCUT2D eigenvalue weighted by atomic mass is 9.90. The van der Waals surface area contributed by atoms with Crippen LogP contribution in [0.15, 0.2) is 103 Å². The number of aldehydes is 1. The van der Waals surface area contributed by atoms with Gasteiger partial charge in [-0.05, 0) is 35.7 Å². The summed E-state index contributed by atoms with van der Waals surface area (Å²) in [6, 6.07) is 33.8. The molecule has 2 heterocycles. The predicted molar refractivity (Wildman–Crippen MR) is 145 cm³/mol. The molecule has 0 bridgehead atoms. The van der Waals surface area contributed by atoms with E-state index >= 15 is 0 Å². The van der Waals surface area contributed by atoms with Crippen molar-refractivity contribution in [1.29, 1.82) is 0 Å². The molecule has 0 aliphatic carbocycles. The van der Waals surface area contributed by atoms with Crippen LogP contribution in [0.1, 0.15) is 45.9 Å². The highest BCUT2D eigenvalue weighted by molar-refractivity contribution is 5.72. The first kappa shape index (κ1) is 26.1. The van der Waals surface area contributed by atoms with Crippen LogP contribution in [-0.2, 0) is 38.8 Å². The first-order chi connectivity index (χ1) is 18.7. The van der Waals surface area contributed by atoms with E-state index in [9.17, 15) is 4.79 Å². The summed E-state index contributed by atoms with van der Waals surface area (Å²) in [4.78, 5) is 14.6. The van der Waals surface area contributed by atoms with E-state index < -0.39 is 23.9 Å². The maximum atomic E-state index is 11.4. The molecule has 4 atom stereocenters. The predicted octanol–water partition coefficient (Wildman–Crippen LogP) is 6.04. The SMILES string of the molecule is C[C@]1(OCc2ccccc2)[C@@H](c2ccc(C=O)[nH]2)O[C@H](COCc2ccccc2)[C@H]1OCc1ccccc1. The zero-order valence-corrected chi connectivity index (χ0v) is 21.5. The number of carbonyl (C=O) groups excluding carboxylic acids is 1. The Bertz CT molecular complexity index is 1280. The minimum atomic E-state index is -0.865. The van der Waals surface area contributed by atoms with Gasteiger partial charge in [0.1, 0.15) is 23.9 Å². The fourth-order valence-electron chi connectivity index (χ4n) is 4.93. The minimum Gasteiger partial charge on any atom is -0.374 e. The number of hydrogen-bond acceptors (Lipinski definition) is 5. The van der Waals surface area contributed by atoms with Gasteiger partial charge in [0.15, 0.2) is 6.29 Å². The summed E-state index contributed by atoms with van der Waals surface area (Å²) >= 11 is 0. The molecule has 0 unspecified atom stereocenters. The summed E-state index contributed by atoms with van der Waals surface area (Å²) in [6.07, 6.45) is -0.526. The number of benzene rings is 3. The monoisotopic (exact) mass is 511 g/mol. The van der Waals surface area contributed by atoms with Crippen molar-refractivity contribution in [3.8, 4) is 0 Å². The van der Waals surface area contributed by atoms with Crippen molar-refractivity contribution >= 4 is 6.29 Å². The summed E-state index contributed by atoms with van der Waals surface area (Å²) in [5.74, 6) is 0. The first-order valence-electron chi connectivity index (χ1n) is 12.9. The maximum Gasteiger partial charge on any atom is 0.166 e. The summed E-state index contributed by atoms with van der Waals surface area (Å²) in [7, 11) is 0. The highest BCUT2D eigenvalue weighted by Crippen LogP contribution is 2.46. The summed E-state index contributed by atoms with van der Waals surface area (Å²) in [5.41, 5.74) is 3.59. The topological polar surface area (TPSA) is 69.8 Å². The maximum absolute atomic E-state index is 11.4. The van der Waals surface area contributed by atoms with Gasteiger partial charge in [0.25, 0.3) is 0 Å². The molecule has 6 nitrogen and oxygen atoms in total. The normalized spacial score (nSPS) is 22.9. The van der Waals surface area contributed by atoms with E-state index in [4.69, 9.17) is 18.9 Å². The molecule has 5 rings (SSSR count). The van der Waals surface area contributed by atoms with E-state index in [1.54, 1.807) is 6.07 Å². The van der Waals surface area contributed by atoms with Gasteiger partial charge in [-0.3, -0.25) is 4.79 Å². The van der Waals surface area contributed by atoms with Gasteiger partial charge in [-0.15, -0.1) is 0 Å². The molecular weight excluding hydrogens is 478 g/mol. The molecule has 0 radical (unpaired) electrons. The molecule has 1 saturated heterocycles. The molecule has 0 spiro atoms. The molecule has 1 aromatic heterocycles. The second-order valence-electron chi connectivity index (χ2n) is 9.72. The van der Waals surface area contributed by atoms with Gasteiger partial charge in [0, 0.05) is 5.69 Å². The molecule has 3 aromatic carbocycles. The average Bonchev–Trinajstić information content (AvgIpc) is 3.55. The summed E-state index contributed by atoms with van der Waals surface area (Å²) in [6.45, 7) is 3.62. The Hall–Kier alpha value is -3.55. The van der Waals surface area contributed by atoms with Crippen LogP contribution in [0.4, 0.5) is 0 Å². The lowest BCUT2D eigenvalue weighted by Gasteiger charge is -2.35. The highest BCUT2D eigenvalue weighted by Gasteiger charge is 2.56. The number of nitrogens with one attached hydrogen (secondary N) is 1. The van der Waals surface area contributed by atoms with E-state index in [0.29, 0.717) is 32.1 Å².